The molecule has 1 aliphatic heterocycles. The third-order valence-electron chi connectivity index (χ3n) is 5.47. The van der Waals surface area contributed by atoms with Gasteiger partial charge in [0.15, 0.2) is 6.10 Å². The molecule has 0 fully saturated rings. The highest BCUT2D eigenvalue weighted by atomic mass is 16.5. The van der Waals surface area contributed by atoms with Crippen LogP contribution in [-0.4, -0.2) is 29.1 Å². The van der Waals surface area contributed by atoms with Gasteiger partial charge in [-0.2, -0.15) is 0 Å². The van der Waals surface area contributed by atoms with E-state index in [9.17, 15) is 9.59 Å². The fourth-order valence-electron chi connectivity index (χ4n) is 3.87. The number of furan rings is 1. The van der Waals surface area contributed by atoms with Crippen molar-refractivity contribution in [3.05, 3.63) is 77.0 Å². The molecule has 4 rings (SSSR count). The zero-order valence-corrected chi connectivity index (χ0v) is 16.8. The highest BCUT2D eigenvalue weighted by molar-refractivity contribution is 6.00. The smallest absolute Gasteiger partial charge is 0.340 e. The SMILES string of the molecule is Cc1cc(C(=O)O[C@H](C)C(=O)N2CCc3ccccc32)c(C)n1Cc1ccco1. The summed E-state index contributed by atoms with van der Waals surface area (Å²) >= 11 is 0. The maximum Gasteiger partial charge on any atom is 0.340 e. The van der Waals surface area contributed by atoms with Crippen molar-refractivity contribution in [3.8, 4) is 0 Å². The van der Waals surface area contributed by atoms with E-state index in [1.54, 1.807) is 24.2 Å². The van der Waals surface area contributed by atoms with Crippen molar-refractivity contribution in [2.75, 3.05) is 11.4 Å². The van der Waals surface area contributed by atoms with E-state index in [4.69, 9.17) is 9.15 Å². The van der Waals surface area contributed by atoms with E-state index in [1.807, 2.05) is 54.8 Å². The molecular weight excluding hydrogens is 368 g/mol. The number of nitrogens with zero attached hydrogens (tertiary/aromatic N) is 2. The molecule has 150 valence electrons. The van der Waals surface area contributed by atoms with Crippen molar-refractivity contribution in [1.82, 2.24) is 4.57 Å². The molecule has 0 radical (unpaired) electrons. The quantitative estimate of drug-likeness (QED) is 0.618. The van der Waals surface area contributed by atoms with Crippen LogP contribution in [0.4, 0.5) is 5.69 Å². The third kappa shape index (κ3) is 3.58. The zero-order chi connectivity index (χ0) is 20.5. The summed E-state index contributed by atoms with van der Waals surface area (Å²) in [6, 6.07) is 13.4. The number of carbonyl (C=O) groups is 2. The van der Waals surface area contributed by atoms with Crippen molar-refractivity contribution in [1.29, 1.82) is 0 Å². The maximum atomic E-state index is 12.9. The Balaban J connectivity index is 1.47. The van der Waals surface area contributed by atoms with E-state index in [0.717, 1.165) is 34.8 Å². The van der Waals surface area contributed by atoms with E-state index in [1.165, 1.54) is 0 Å². The van der Waals surface area contributed by atoms with Crippen LogP contribution in [0.25, 0.3) is 0 Å². The van der Waals surface area contributed by atoms with Crippen LogP contribution >= 0.6 is 0 Å². The Morgan fingerprint density at radius 3 is 2.72 bits per heavy atom. The average molecular weight is 392 g/mol. The molecule has 2 aromatic heterocycles. The number of esters is 1. The number of anilines is 1. The third-order valence-corrected chi connectivity index (χ3v) is 5.47. The minimum Gasteiger partial charge on any atom is -0.467 e. The van der Waals surface area contributed by atoms with Gasteiger partial charge in [-0.1, -0.05) is 18.2 Å². The van der Waals surface area contributed by atoms with Crippen LogP contribution < -0.4 is 4.90 Å². The van der Waals surface area contributed by atoms with Gasteiger partial charge in [-0.3, -0.25) is 4.79 Å². The Morgan fingerprint density at radius 1 is 1.17 bits per heavy atom. The molecule has 1 atom stereocenters. The van der Waals surface area contributed by atoms with Crippen molar-refractivity contribution in [3.63, 3.8) is 0 Å². The fraction of sp³-hybridized carbons (Fsp3) is 0.304. The number of fused-ring (bicyclic) bond motifs is 1. The van der Waals surface area contributed by atoms with Gasteiger partial charge in [-0.15, -0.1) is 0 Å². The first kappa shape index (κ1) is 19.1. The number of aryl methyl sites for hydroxylation is 1. The highest BCUT2D eigenvalue weighted by Gasteiger charge is 2.30. The second-order valence-corrected chi connectivity index (χ2v) is 7.37. The van der Waals surface area contributed by atoms with Crippen molar-refractivity contribution in [2.45, 2.75) is 39.8 Å². The van der Waals surface area contributed by atoms with E-state index in [-0.39, 0.29) is 5.91 Å². The molecule has 3 heterocycles. The first-order chi connectivity index (χ1) is 14.0. The van der Waals surface area contributed by atoms with Gasteiger partial charge in [0.05, 0.1) is 18.4 Å². The molecule has 0 saturated carbocycles. The monoisotopic (exact) mass is 392 g/mol. The minimum atomic E-state index is -0.859. The minimum absolute atomic E-state index is 0.201. The van der Waals surface area contributed by atoms with Gasteiger partial charge in [0.2, 0.25) is 0 Å². The summed E-state index contributed by atoms with van der Waals surface area (Å²) in [4.78, 5) is 27.4. The van der Waals surface area contributed by atoms with Crippen molar-refractivity contribution < 1.29 is 18.7 Å². The van der Waals surface area contributed by atoms with Gasteiger partial charge < -0.3 is 18.6 Å². The molecule has 0 spiro atoms. The summed E-state index contributed by atoms with van der Waals surface area (Å²) in [5.41, 5.74) is 4.22. The van der Waals surface area contributed by atoms with Gasteiger partial charge >= 0.3 is 5.97 Å². The molecule has 3 aromatic rings. The Bertz CT molecular complexity index is 1050. The summed E-state index contributed by atoms with van der Waals surface area (Å²) in [5, 5.41) is 0. The van der Waals surface area contributed by atoms with Gasteiger partial charge in [0.1, 0.15) is 5.76 Å². The van der Waals surface area contributed by atoms with Crippen LogP contribution in [0.3, 0.4) is 0 Å². The number of hydrogen-bond donors (Lipinski definition) is 0. The predicted octanol–water partition coefficient (Wildman–Crippen LogP) is 3.88. The van der Waals surface area contributed by atoms with Gasteiger partial charge in [-0.25, -0.2) is 4.79 Å². The molecule has 0 unspecified atom stereocenters. The molecule has 0 bridgehead atoms. The number of carbonyl (C=O) groups excluding carboxylic acids is 2. The number of aromatic nitrogens is 1. The second-order valence-electron chi connectivity index (χ2n) is 7.37. The van der Waals surface area contributed by atoms with E-state index in [2.05, 4.69) is 0 Å². The zero-order valence-electron chi connectivity index (χ0n) is 16.8. The lowest BCUT2D eigenvalue weighted by Crippen LogP contribution is -2.39. The van der Waals surface area contributed by atoms with Crippen LogP contribution in [0.15, 0.2) is 53.1 Å². The lowest BCUT2D eigenvalue weighted by molar-refractivity contribution is -0.126. The molecule has 1 aliphatic rings. The number of para-hydroxylation sites is 1. The normalized spacial score (nSPS) is 14.0. The number of rotatable bonds is 5. The van der Waals surface area contributed by atoms with E-state index >= 15 is 0 Å². The predicted molar refractivity (Wildman–Crippen MR) is 109 cm³/mol. The van der Waals surface area contributed by atoms with Gasteiger partial charge in [0.25, 0.3) is 5.91 Å². The van der Waals surface area contributed by atoms with E-state index in [0.29, 0.717) is 18.7 Å². The topological polar surface area (TPSA) is 64.7 Å². The molecule has 0 aliphatic carbocycles. The van der Waals surface area contributed by atoms with Gasteiger partial charge in [-0.05, 0) is 57.0 Å². The Labute approximate surface area is 169 Å². The van der Waals surface area contributed by atoms with Crippen LogP contribution in [-0.2, 0) is 22.5 Å². The standard InChI is InChI=1S/C23H24N2O4/c1-15-13-20(16(2)25(15)14-19-8-6-12-28-19)23(27)29-17(3)22(26)24-11-10-18-7-4-5-9-21(18)24/h4-9,12-13,17H,10-11,14H2,1-3H3/t17-/m1/s1. The van der Waals surface area contributed by atoms with Crippen molar-refractivity contribution in [2.24, 2.45) is 0 Å². The van der Waals surface area contributed by atoms with Crippen LogP contribution in [0.5, 0.6) is 0 Å². The fourth-order valence-corrected chi connectivity index (χ4v) is 3.87. The second kappa shape index (κ2) is 7.62. The molecule has 0 N–H and O–H groups in total. The summed E-state index contributed by atoms with van der Waals surface area (Å²) in [6.45, 7) is 6.58. The van der Waals surface area contributed by atoms with Crippen LogP contribution in [0, 0.1) is 13.8 Å². The maximum absolute atomic E-state index is 12.9. The molecule has 1 aromatic carbocycles. The Hall–Kier alpha value is -3.28. The van der Waals surface area contributed by atoms with Gasteiger partial charge in [0, 0.05) is 23.6 Å². The molecule has 1 amide bonds. The molecule has 6 nitrogen and oxygen atoms in total. The molecule has 0 saturated heterocycles. The first-order valence-electron chi connectivity index (χ1n) is 9.75. The number of benzene rings is 1. The molecular formula is C23H24N2O4. The van der Waals surface area contributed by atoms with Crippen molar-refractivity contribution >= 4 is 17.6 Å². The summed E-state index contributed by atoms with van der Waals surface area (Å²) in [5.74, 6) is 0.118. The lowest BCUT2D eigenvalue weighted by Gasteiger charge is -2.21. The van der Waals surface area contributed by atoms with Crippen LogP contribution in [0.1, 0.15) is 40.0 Å². The number of hydrogen-bond acceptors (Lipinski definition) is 4. The molecule has 6 heteroatoms. The summed E-state index contributed by atoms with van der Waals surface area (Å²) in [7, 11) is 0. The average Bonchev–Trinajstić information content (AvgIpc) is 3.43. The Kier molecular flexibility index (Phi) is 5.01. The highest BCUT2D eigenvalue weighted by Crippen LogP contribution is 2.28. The summed E-state index contributed by atoms with van der Waals surface area (Å²) in [6.07, 6.45) is 1.58. The first-order valence-corrected chi connectivity index (χ1v) is 9.75. The lowest BCUT2D eigenvalue weighted by atomic mass is 10.2. The van der Waals surface area contributed by atoms with E-state index < -0.39 is 12.1 Å². The number of ether oxygens (including phenoxy) is 1. The largest absolute Gasteiger partial charge is 0.467 e. The van der Waals surface area contributed by atoms with Crippen LogP contribution in [0.2, 0.25) is 0 Å². The molecule has 29 heavy (non-hydrogen) atoms. The Morgan fingerprint density at radius 2 is 1.97 bits per heavy atom. The number of amides is 1. The summed E-state index contributed by atoms with van der Waals surface area (Å²) < 4.78 is 13.0.